The molecule has 10 heteroatoms. The van der Waals surface area contributed by atoms with Crippen molar-refractivity contribution in [1.82, 2.24) is 19.5 Å². The average molecular weight is 403 g/mol. The standard InChI is InChI=1S/C19H25N5O5/c20-16-13-17(24(10-21-13)18-15(27)14(26)11(9-25)29-18)23-12(22-16)5-1-2-6-19(28)7-3-4-8-19/h10-11,14-15,18,25-28H,2-4,6-9H2,(H2,20,22,23)/t11-,14-,15-,18-/m1/s1. The molecular weight excluding hydrogens is 378 g/mol. The zero-order valence-corrected chi connectivity index (χ0v) is 15.9. The van der Waals surface area contributed by atoms with Crippen molar-refractivity contribution in [3.8, 4) is 11.8 Å². The van der Waals surface area contributed by atoms with Crippen molar-refractivity contribution in [3.05, 3.63) is 12.2 Å². The summed E-state index contributed by atoms with van der Waals surface area (Å²) in [5, 5.41) is 39.9. The minimum atomic E-state index is -1.26. The predicted molar refractivity (Wildman–Crippen MR) is 102 cm³/mol. The molecule has 1 aliphatic heterocycles. The monoisotopic (exact) mass is 403 g/mol. The number of anilines is 1. The molecule has 2 aromatic heterocycles. The van der Waals surface area contributed by atoms with Crippen molar-refractivity contribution >= 4 is 17.0 Å². The number of nitrogens with zero attached hydrogens (tertiary/aromatic N) is 4. The average Bonchev–Trinajstić information content (AvgIpc) is 3.39. The first kappa shape index (κ1) is 20.0. The second-order valence-electron chi connectivity index (χ2n) is 7.72. The van der Waals surface area contributed by atoms with Crippen molar-refractivity contribution in [2.75, 3.05) is 12.3 Å². The van der Waals surface area contributed by atoms with Gasteiger partial charge in [-0.25, -0.2) is 15.0 Å². The number of nitrogen functional groups attached to an aromatic ring is 1. The van der Waals surface area contributed by atoms with E-state index in [1.165, 1.54) is 10.9 Å². The van der Waals surface area contributed by atoms with E-state index in [4.69, 9.17) is 10.5 Å². The van der Waals surface area contributed by atoms with Crippen molar-refractivity contribution in [1.29, 1.82) is 0 Å². The van der Waals surface area contributed by atoms with E-state index < -0.39 is 36.7 Å². The molecule has 29 heavy (non-hydrogen) atoms. The lowest BCUT2D eigenvalue weighted by molar-refractivity contribution is -0.0511. The van der Waals surface area contributed by atoms with Gasteiger partial charge in [0.2, 0.25) is 5.82 Å². The van der Waals surface area contributed by atoms with Crippen LogP contribution in [0.1, 0.15) is 50.6 Å². The highest BCUT2D eigenvalue weighted by molar-refractivity contribution is 5.82. The quantitative estimate of drug-likeness (QED) is 0.422. The van der Waals surface area contributed by atoms with Gasteiger partial charge in [0.15, 0.2) is 17.7 Å². The third-order valence-corrected chi connectivity index (χ3v) is 5.69. The molecule has 6 N–H and O–H groups in total. The summed E-state index contributed by atoms with van der Waals surface area (Å²) in [6, 6.07) is 0. The van der Waals surface area contributed by atoms with Crippen LogP contribution >= 0.6 is 0 Å². The van der Waals surface area contributed by atoms with Crippen LogP contribution in [-0.4, -0.2) is 70.5 Å². The highest BCUT2D eigenvalue weighted by Crippen LogP contribution is 2.33. The van der Waals surface area contributed by atoms with Gasteiger partial charge < -0.3 is 30.9 Å². The number of ether oxygens (including phenoxy) is 1. The number of aromatic nitrogens is 4. The summed E-state index contributed by atoms with van der Waals surface area (Å²) in [5.41, 5.74) is 6.01. The predicted octanol–water partition coefficient (Wildman–Crippen LogP) is -0.543. The smallest absolute Gasteiger partial charge is 0.208 e. The molecule has 1 saturated heterocycles. The summed E-state index contributed by atoms with van der Waals surface area (Å²) in [7, 11) is 0. The summed E-state index contributed by atoms with van der Waals surface area (Å²) >= 11 is 0. The molecule has 10 nitrogen and oxygen atoms in total. The number of fused-ring (bicyclic) bond motifs is 1. The van der Waals surface area contributed by atoms with Gasteiger partial charge in [0, 0.05) is 6.42 Å². The molecule has 3 heterocycles. The van der Waals surface area contributed by atoms with Gasteiger partial charge in [-0.2, -0.15) is 0 Å². The first-order chi connectivity index (χ1) is 13.9. The molecular formula is C19H25N5O5. The Labute approximate surface area is 167 Å². The maximum atomic E-state index is 10.4. The Morgan fingerprint density at radius 1 is 1.24 bits per heavy atom. The van der Waals surface area contributed by atoms with Gasteiger partial charge in [0.1, 0.15) is 23.8 Å². The Morgan fingerprint density at radius 3 is 2.69 bits per heavy atom. The molecule has 0 amide bonds. The van der Waals surface area contributed by atoms with Gasteiger partial charge in [0.25, 0.3) is 0 Å². The second-order valence-corrected chi connectivity index (χ2v) is 7.72. The molecule has 0 radical (unpaired) electrons. The Bertz CT molecular complexity index is 946. The minimum absolute atomic E-state index is 0.138. The van der Waals surface area contributed by atoms with Crippen molar-refractivity contribution in [2.45, 2.75) is 68.7 Å². The number of aliphatic hydroxyl groups is 4. The van der Waals surface area contributed by atoms with Gasteiger partial charge in [-0.1, -0.05) is 18.8 Å². The van der Waals surface area contributed by atoms with E-state index in [-0.39, 0.29) is 11.6 Å². The van der Waals surface area contributed by atoms with Crippen molar-refractivity contribution < 1.29 is 25.2 Å². The lowest BCUT2D eigenvalue weighted by Crippen LogP contribution is -2.33. The fourth-order valence-corrected chi connectivity index (χ4v) is 4.01. The van der Waals surface area contributed by atoms with Crippen LogP contribution in [0.25, 0.3) is 11.2 Å². The van der Waals surface area contributed by atoms with Crippen LogP contribution < -0.4 is 5.73 Å². The highest BCUT2D eigenvalue weighted by atomic mass is 16.6. The van der Waals surface area contributed by atoms with Crippen LogP contribution in [0.5, 0.6) is 0 Å². The largest absolute Gasteiger partial charge is 0.394 e. The molecule has 0 spiro atoms. The van der Waals surface area contributed by atoms with Gasteiger partial charge in [0.05, 0.1) is 18.5 Å². The molecule has 2 aliphatic rings. The Morgan fingerprint density at radius 2 is 2.00 bits per heavy atom. The lowest BCUT2D eigenvalue weighted by Gasteiger charge is -2.20. The number of hydrogen-bond donors (Lipinski definition) is 5. The Kier molecular flexibility index (Phi) is 5.42. The van der Waals surface area contributed by atoms with E-state index >= 15 is 0 Å². The summed E-state index contributed by atoms with van der Waals surface area (Å²) in [6.45, 7) is -0.429. The molecule has 0 unspecified atom stereocenters. The normalized spacial score (nSPS) is 28.6. The molecule has 4 rings (SSSR count). The number of imidazole rings is 1. The number of rotatable bonds is 4. The molecule has 0 bridgehead atoms. The molecule has 1 aliphatic carbocycles. The Balaban J connectivity index is 1.57. The summed E-state index contributed by atoms with van der Waals surface area (Å²) in [4.78, 5) is 12.7. The summed E-state index contributed by atoms with van der Waals surface area (Å²) < 4.78 is 6.99. The van der Waals surface area contributed by atoms with Gasteiger partial charge >= 0.3 is 0 Å². The first-order valence-corrected chi connectivity index (χ1v) is 9.76. The van der Waals surface area contributed by atoms with Crippen LogP contribution in [0.2, 0.25) is 0 Å². The van der Waals surface area contributed by atoms with Gasteiger partial charge in [-0.15, -0.1) is 0 Å². The fourth-order valence-electron chi connectivity index (χ4n) is 4.01. The van der Waals surface area contributed by atoms with Gasteiger partial charge in [-0.05, 0) is 25.2 Å². The number of hydrogen-bond acceptors (Lipinski definition) is 9. The highest BCUT2D eigenvalue weighted by Gasteiger charge is 2.44. The van der Waals surface area contributed by atoms with E-state index in [0.29, 0.717) is 24.0 Å². The first-order valence-electron chi connectivity index (χ1n) is 9.76. The lowest BCUT2D eigenvalue weighted by atomic mass is 9.96. The Hall–Kier alpha value is -2.29. The maximum absolute atomic E-state index is 10.4. The minimum Gasteiger partial charge on any atom is -0.394 e. The topological polar surface area (TPSA) is 160 Å². The molecule has 1 saturated carbocycles. The molecule has 0 aromatic carbocycles. The summed E-state index contributed by atoms with van der Waals surface area (Å²) in [5.74, 6) is 6.19. The number of nitrogens with two attached hydrogens (primary N) is 1. The van der Waals surface area contributed by atoms with Crippen LogP contribution in [0.15, 0.2) is 6.33 Å². The maximum Gasteiger partial charge on any atom is 0.208 e. The zero-order chi connectivity index (χ0) is 20.6. The SMILES string of the molecule is Nc1nc(C#CCCC2(O)CCCC2)nc2c1ncn2[C@@H]1O[C@H](CO)[C@@H](O)[C@H]1O. The van der Waals surface area contributed by atoms with Crippen LogP contribution in [0.3, 0.4) is 0 Å². The van der Waals surface area contributed by atoms with E-state index in [2.05, 4.69) is 26.8 Å². The van der Waals surface area contributed by atoms with Crippen LogP contribution in [-0.2, 0) is 4.74 Å². The van der Waals surface area contributed by atoms with E-state index in [1.807, 2.05) is 0 Å². The number of aliphatic hydroxyl groups excluding tert-OH is 3. The molecule has 2 aromatic rings. The van der Waals surface area contributed by atoms with Crippen LogP contribution in [0, 0.1) is 11.8 Å². The molecule has 2 fully saturated rings. The van der Waals surface area contributed by atoms with E-state index in [9.17, 15) is 20.4 Å². The van der Waals surface area contributed by atoms with E-state index in [1.54, 1.807) is 0 Å². The van der Waals surface area contributed by atoms with E-state index in [0.717, 1.165) is 25.7 Å². The third kappa shape index (κ3) is 3.80. The third-order valence-electron chi connectivity index (χ3n) is 5.69. The zero-order valence-electron chi connectivity index (χ0n) is 15.9. The second kappa shape index (κ2) is 7.85. The van der Waals surface area contributed by atoms with Crippen molar-refractivity contribution in [2.24, 2.45) is 0 Å². The van der Waals surface area contributed by atoms with Crippen molar-refractivity contribution in [3.63, 3.8) is 0 Å². The molecule has 4 atom stereocenters. The summed E-state index contributed by atoms with van der Waals surface area (Å²) in [6.07, 6.45) is 1.86. The van der Waals surface area contributed by atoms with Crippen LogP contribution in [0.4, 0.5) is 5.82 Å². The van der Waals surface area contributed by atoms with Gasteiger partial charge in [-0.3, -0.25) is 4.57 Å². The fraction of sp³-hybridized carbons (Fsp3) is 0.632. The molecule has 156 valence electrons.